The van der Waals surface area contributed by atoms with E-state index in [2.05, 4.69) is 44.7 Å². The van der Waals surface area contributed by atoms with Crippen LogP contribution in [-0.2, 0) is 0 Å². The Morgan fingerprint density at radius 2 is 2.00 bits per heavy atom. The molecule has 1 aromatic carbocycles. The van der Waals surface area contributed by atoms with E-state index in [1.165, 1.54) is 16.7 Å². The summed E-state index contributed by atoms with van der Waals surface area (Å²) in [5.41, 5.74) is 8.11. The molecule has 0 spiro atoms. The van der Waals surface area contributed by atoms with E-state index in [9.17, 15) is 0 Å². The van der Waals surface area contributed by atoms with Crippen molar-refractivity contribution in [3.05, 3.63) is 34.9 Å². The summed E-state index contributed by atoms with van der Waals surface area (Å²) in [6.07, 6.45) is 0. The Morgan fingerprint density at radius 3 is 2.58 bits per heavy atom. The minimum atomic E-state index is 0.588. The molecular weight excluding hydrogens is 146 g/mol. The number of quaternary nitrogens is 1. The van der Waals surface area contributed by atoms with Gasteiger partial charge < -0.3 is 5.73 Å². The minimum absolute atomic E-state index is 0.588. The van der Waals surface area contributed by atoms with E-state index < -0.39 is 0 Å². The Bertz CT molecular complexity index is 266. The molecule has 0 aliphatic heterocycles. The van der Waals surface area contributed by atoms with Crippen molar-refractivity contribution in [2.24, 2.45) is 0 Å². The molecule has 0 radical (unpaired) electrons. The molecule has 0 heterocycles. The minimum Gasteiger partial charge on any atom is -0.357 e. The predicted octanol–water partition coefficient (Wildman–Crippen LogP) is 1.65. The Hall–Kier alpha value is -0.820. The van der Waals surface area contributed by atoms with Gasteiger partial charge in [0, 0.05) is 5.92 Å². The average molecular weight is 164 g/mol. The van der Waals surface area contributed by atoms with Crippen LogP contribution in [0.3, 0.4) is 0 Å². The van der Waals surface area contributed by atoms with Crippen molar-refractivity contribution in [3.63, 3.8) is 0 Å². The van der Waals surface area contributed by atoms with Crippen molar-refractivity contribution >= 4 is 0 Å². The Kier molecular flexibility index (Phi) is 2.88. The van der Waals surface area contributed by atoms with E-state index in [0.29, 0.717) is 5.92 Å². The Labute approximate surface area is 74.6 Å². The number of hydrogen-bond donors (Lipinski definition) is 1. The fraction of sp³-hybridized carbons (Fsp3) is 0.455. The summed E-state index contributed by atoms with van der Waals surface area (Å²) in [7, 11) is 0. The van der Waals surface area contributed by atoms with Crippen LogP contribution >= 0.6 is 0 Å². The second-order valence-electron chi connectivity index (χ2n) is 3.55. The van der Waals surface area contributed by atoms with Gasteiger partial charge >= 0.3 is 0 Å². The Morgan fingerprint density at radius 1 is 1.33 bits per heavy atom. The zero-order valence-electron chi connectivity index (χ0n) is 8.22. The van der Waals surface area contributed by atoms with Crippen LogP contribution < -0.4 is 5.73 Å². The molecule has 0 aromatic heterocycles. The summed E-state index contributed by atoms with van der Waals surface area (Å²) in [4.78, 5) is 0. The first-order valence-electron chi connectivity index (χ1n) is 4.51. The zero-order chi connectivity index (χ0) is 9.14. The molecule has 0 unspecified atom stereocenters. The van der Waals surface area contributed by atoms with Gasteiger partial charge in [-0.05, 0) is 25.0 Å². The van der Waals surface area contributed by atoms with Crippen LogP contribution in [0.25, 0.3) is 0 Å². The molecule has 0 saturated carbocycles. The molecule has 1 aromatic rings. The summed E-state index contributed by atoms with van der Waals surface area (Å²) in [6, 6.07) is 6.62. The van der Waals surface area contributed by atoms with Gasteiger partial charge in [-0.25, -0.2) is 0 Å². The maximum Gasteiger partial charge on any atom is 0.0806 e. The molecule has 0 aliphatic rings. The third-order valence-corrected chi connectivity index (χ3v) is 2.40. The van der Waals surface area contributed by atoms with Crippen LogP contribution in [-0.4, -0.2) is 6.54 Å². The summed E-state index contributed by atoms with van der Waals surface area (Å²) < 4.78 is 0. The van der Waals surface area contributed by atoms with E-state index in [1.807, 2.05) is 0 Å². The van der Waals surface area contributed by atoms with Crippen LogP contribution in [0.1, 0.15) is 29.5 Å². The summed E-state index contributed by atoms with van der Waals surface area (Å²) in [6.45, 7) is 7.51. The van der Waals surface area contributed by atoms with Crippen LogP contribution in [0.2, 0.25) is 0 Å². The summed E-state index contributed by atoms with van der Waals surface area (Å²) in [5.74, 6) is 0.588. The normalized spacial score (nSPS) is 13.0. The van der Waals surface area contributed by atoms with Gasteiger partial charge in [0.1, 0.15) is 0 Å². The third-order valence-electron chi connectivity index (χ3n) is 2.40. The van der Waals surface area contributed by atoms with Gasteiger partial charge in [-0.15, -0.1) is 0 Å². The highest BCUT2D eigenvalue weighted by Crippen LogP contribution is 2.19. The van der Waals surface area contributed by atoms with Crippen molar-refractivity contribution < 1.29 is 5.73 Å². The average Bonchev–Trinajstić information content (AvgIpc) is 2.08. The lowest BCUT2D eigenvalue weighted by Gasteiger charge is -2.11. The lowest BCUT2D eigenvalue weighted by molar-refractivity contribution is -0.371. The van der Waals surface area contributed by atoms with Gasteiger partial charge in [0.25, 0.3) is 0 Å². The molecule has 0 saturated heterocycles. The molecule has 3 N–H and O–H groups in total. The van der Waals surface area contributed by atoms with Gasteiger partial charge in [-0.1, -0.05) is 30.7 Å². The lowest BCUT2D eigenvalue weighted by atomic mass is 9.95. The van der Waals surface area contributed by atoms with Crippen LogP contribution in [0.15, 0.2) is 18.2 Å². The summed E-state index contributed by atoms with van der Waals surface area (Å²) in [5, 5.41) is 0. The topological polar surface area (TPSA) is 27.6 Å². The fourth-order valence-electron chi connectivity index (χ4n) is 1.45. The van der Waals surface area contributed by atoms with Crippen LogP contribution in [0.5, 0.6) is 0 Å². The highest BCUT2D eigenvalue weighted by Gasteiger charge is 2.07. The van der Waals surface area contributed by atoms with E-state index >= 15 is 0 Å². The fourth-order valence-corrected chi connectivity index (χ4v) is 1.45. The molecule has 12 heavy (non-hydrogen) atoms. The van der Waals surface area contributed by atoms with Gasteiger partial charge in [0.15, 0.2) is 0 Å². The molecule has 0 bridgehead atoms. The summed E-state index contributed by atoms with van der Waals surface area (Å²) >= 11 is 0. The maximum atomic E-state index is 3.93. The first kappa shape index (κ1) is 9.27. The van der Waals surface area contributed by atoms with Gasteiger partial charge in [0.2, 0.25) is 0 Å². The zero-order valence-corrected chi connectivity index (χ0v) is 8.22. The number of aryl methyl sites for hydroxylation is 2. The molecule has 0 aliphatic carbocycles. The smallest absolute Gasteiger partial charge is 0.0806 e. The molecule has 1 heteroatoms. The van der Waals surface area contributed by atoms with Crippen molar-refractivity contribution in [1.29, 1.82) is 0 Å². The van der Waals surface area contributed by atoms with Gasteiger partial charge in [-0.2, -0.15) is 0 Å². The highest BCUT2D eigenvalue weighted by molar-refractivity contribution is 5.32. The SMILES string of the molecule is Cc1ccc(C)c([C@H](C)C[NH3+])c1. The number of rotatable bonds is 2. The molecule has 0 amide bonds. The molecule has 1 rings (SSSR count). The second-order valence-corrected chi connectivity index (χ2v) is 3.55. The van der Waals surface area contributed by atoms with E-state index in [1.54, 1.807) is 0 Å². The molecule has 1 atom stereocenters. The molecular formula is C11H18N+. The van der Waals surface area contributed by atoms with Crippen molar-refractivity contribution in [3.8, 4) is 0 Å². The van der Waals surface area contributed by atoms with Crippen molar-refractivity contribution in [2.45, 2.75) is 26.7 Å². The van der Waals surface area contributed by atoms with Crippen LogP contribution in [0.4, 0.5) is 0 Å². The number of benzene rings is 1. The first-order valence-corrected chi connectivity index (χ1v) is 4.51. The quantitative estimate of drug-likeness (QED) is 0.688. The number of hydrogen-bond acceptors (Lipinski definition) is 0. The molecule has 0 fully saturated rings. The van der Waals surface area contributed by atoms with Crippen LogP contribution in [0, 0.1) is 13.8 Å². The van der Waals surface area contributed by atoms with Gasteiger partial charge in [0.05, 0.1) is 6.54 Å². The Balaban J connectivity index is 3.04. The molecule has 1 nitrogen and oxygen atoms in total. The highest BCUT2D eigenvalue weighted by atomic mass is 14.5. The van der Waals surface area contributed by atoms with Crippen molar-refractivity contribution in [2.75, 3.05) is 6.54 Å². The maximum absolute atomic E-state index is 3.93. The lowest BCUT2D eigenvalue weighted by Crippen LogP contribution is -2.52. The van der Waals surface area contributed by atoms with Gasteiger partial charge in [-0.3, -0.25) is 0 Å². The largest absolute Gasteiger partial charge is 0.357 e. The van der Waals surface area contributed by atoms with Crippen molar-refractivity contribution in [1.82, 2.24) is 0 Å². The van der Waals surface area contributed by atoms with E-state index in [0.717, 1.165) is 6.54 Å². The van der Waals surface area contributed by atoms with E-state index in [4.69, 9.17) is 0 Å². The third kappa shape index (κ3) is 1.86. The van der Waals surface area contributed by atoms with E-state index in [-0.39, 0.29) is 0 Å². The standard InChI is InChI=1S/C11H17N/c1-8-4-5-9(2)11(6-8)10(3)7-12/h4-6,10H,7,12H2,1-3H3/p+1/t10-/m1/s1. The second kappa shape index (κ2) is 3.72. The monoisotopic (exact) mass is 164 g/mol. The predicted molar refractivity (Wildman–Crippen MR) is 52.1 cm³/mol. The first-order chi connectivity index (χ1) is 5.65. The molecule has 66 valence electrons.